The fourth-order valence-corrected chi connectivity index (χ4v) is 2.17. The van der Waals surface area contributed by atoms with Crippen molar-refractivity contribution in [2.75, 3.05) is 0 Å². The minimum absolute atomic E-state index is 0.148. The number of hydrogen-bond acceptors (Lipinski definition) is 1. The highest BCUT2D eigenvalue weighted by atomic mass is 79.9. The van der Waals surface area contributed by atoms with Gasteiger partial charge in [0.2, 0.25) is 0 Å². The summed E-state index contributed by atoms with van der Waals surface area (Å²) >= 11 is 9.15. The monoisotopic (exact) mass is 326 g/mol. The molecule has 0 bridgehead atoms. The van der Waals surface area contributed by atoms with Gasteiger partial charge < -0.3 is 0 Å². The van der Waals surface area contributed by atoms with E-state index < -0.39 is 0 Å². The van der Waals surface area contributed by atoms with Gasteiger partial charge in [0.05, 0.1) is 5.02 Å². The molecule has 2 rings (SSSR count). The van der Waals surface area contributed by atoms with Crippen LogP contribution >= 0.6 is 27.5 Å². The molecule has 0 radical (unpaired) electrons. The van der Waals surface area contributed by atoms with Crippen LogP contribution in [0.1, 0.15) is 21.5 Å². The summed E-state index contributed by atoms with van der Waals surface area (Å²) in [6.07, 6.45) is 0. The first-order valence-electron chi connectivity index (χ1n) is 5.25. The lowest BCUT2D eigenvalue weighted by molar-refractivity contribution is 0.103. The van der Waals surface area contributed by atoms with E-state index in [0.29, 0.717) is 26.2 Å². The van der Waals surface area contributed by atoms with Crippen LogP contribution in [-0.2, 0) is 0 Å². The molecule has 1 nitrogen and oxygen atoms in total. The van der Waals surface area contributed by atoms with Crippen LogP contribution in [0.2, 0.25) is 5.02 Å². The van der Waals surface area contributed by atoms with Crippen molar-refractivity contribution in [3.05, 3.63) is 68.4 Å². The van der Waals surface area contributed by atoms with Gasteiger partial charge in [0.15, 0.2) is 5.78 Å². The highest BCUT2D eigenvalue weighted by molar-refractivity contribution is 9.10. The van der Waals surface area contributed by atoms with Crippen LogP contribution in [0.15, 0.2) is 40.9 Å². The topological polar surface area (TPSA) is 17.1 Å². The Bertz CT molecular complexity index is 625. The molecule has 92 valence electrons. The average Bonchev–Trinajstić information content (AvgIpc) is 2.32. The van der Waals surface area contributed by atoms with E-state index in [1.807, 2.05) is 0 Å². The first-order valence-corrected chi connectivity index (χ1v) is 6.42. The number of carbonyl (C=O) groups excluding carboxylic acids is 1. The van der Waals surface area contributed by atoms with E-state index in [0.717, 1.165) is 0 Å². The molecule has 0 spiro atoms. The summed E-state index contributed by atoms with van der Waals surface area (Å²) in [5.41, 5.74) is 1.62. The lowest BCUT2D eigenvalue weighted by atomic mass is 9.99. The Kier molecular flexibility index (Phi) is 3.83. The lowest BCUT2D eigenvalue weighted by Crippen LogP contribution is -2.04. The number of carbonyl (C=O) groups is 1. The van der Waals surface area contributed by atoms with E-state index in [2.05, 4.69) is 15.9 Å². The molecule has 0 amide bonds. The van der Waals surface area contributed by atoms with Gasteiger partial charge in [-0.15, -0.1) is 0 Å². The molecule has 0 saturated heterocycles. The molecule has 0 aliphatic heterocycles. The van der Waals surface area contributed by atoms with E-state index in [-0.39, 0.29) is 11.6 Å². The van der Waals surface area contributed by atoms with Crippen molar-refractivity contribution >= 4 is 33.3 Å². The van der Waals surface area contributed by atoms with Crippen LogP contribution in [0.4, 0.5) is 4.39 Å². The maximum atomic E-state index is 13.0. The summed E-state index contributed by atoms with van der Waals surface area (Å²) in [7, 11) is 0. The third kappa shape index (κ3) is 2.62. The van der Waals surface area contributed by atoms with Crippen molar-refractivity contribution in [3.8, 4) is 0 Å². The molecule has 4 heteroatoms. The van der Waals surface area contributed by atoms with E-state index in [4.69, 9.17) is 11.6 Å². The summed E-state index contributed by atoms with van der Waals surface area (Å²) in [4.78, 5) is 12.3. The summed E-state index contributed by atoms with van der Waals surface area (Å²) < 4.78 is 13.7. The Labute approximate surface area is 118 Å². The first-order chi connectivity index (χ1) is 8.49. The molecule has 0 saturated carbocycles. The molecule has 18 heavy (non-hydrogen) atoms. The minimum Gasteiger partial charge on any atom is -0.289 e. The number of ketones is 1. The van der Waals surface area contributed by atoms with E-state index in [1.54, 1.807) is 25.1 Å². The van der Waals surface area contributed by atoms with Crippen LogP contribution in [-0.4, -0.2) is 5.78 Å². The highest BCUT2D eigenvalue weighted by Crippen LogP contribution is 2.25. The van der Waals surface area contributed by atoms with Gasteiger partial charge in [-0.2, -0.15) is 0 Å². The summed E-state index contributed by atoms with van der Waals surface area (Å²) in [5.74, 6) is -0.494. The zero-order valence-corrected chi connectivity index (χ0v) is 11.8. The molecular formula is C14H9BrClFO. The van der Waals surface area contributed by atoms with Crippen LogP contribution < -0.4 is 0 Å². The Morgan fingerprint density at radius 2 is 1.94 bits per heavy atom. The van der Waals surface area contributed by atoms with Crippen molar-refractivity contribution < 1.29 is 9.18 Å². The van der Waals surface area contributed by atoms with E-state index in [1.165, 1.54) is 18.2 Å². The number of benzene rings is 2. The van der Waals surface area contributed by atoms with Crippen molar-refractivity contribution in [2.24, 2.45) is 0 Å². The van der Waals surface area contributed by atoms with Gasteiger partial charge >= 0.3 is 0 Å². The third-order valence-corrected chi connectivity index (χ3v) is 3.83. The number of halogens is 3. The molecule has 0 aliphatic carbocycles. The summed E-state index contributed by atoms with van der Waals surface area (Å²) in [5, 5.41) is 0.544. The molecule has 0 fully saturated rings. The Balaban J connectivity index is 2.44. The van der Waals surface area contributed by atoms with Gasteiger partial charge in [-0.25, -0.2) is 4.39 Å². The predicted molar refractivity (Wildman–Crippen MR) is 73.7 cm³/mol. The van der Waals surface area contributed by atoms with Crippen LogP contribution in [0.5, 0.6) is 0 Å². The molecule has 2 aromatic carbocycles. The van der Waals surface area contributed by atoms with Gasteiger partial charge in [-0.3, -0.25) is 4.79 Å². The zero-order valence-electron chi connectivity index (χ0n) is 9.51. The number of hydrogen-bond donors (Lipinski definition) is 0. The van der Waals surface area contributed by atoms with Crippen LogP contribution in [0.3, 0.4) is 0 Å². The molecule has 0 heterocycles. The second-order valence-corrected chi connectivity index (χ2v) is 5.18. The number of rotatable bonds is 2. The molecule has 0 unspecified atom stereocenters. The van der Waals surface area contributed by atoms with Gasteiger partial charge in [-0.05, 0) is 64.8 Å². The van der Waals surface area contributed by atoms with Gasteiger partial charge in [0.25, 0.3) is 0 Å². The van der Waals surface area contributed by atoms with Crippen LogP contribution in [0.25, 0.3) is 0 Å². The fourth-order valence-electron chi connectivity index (χ4n) is 1.67. The van der Waals surface area contributed by atoms with Gasteiger partial charge in [0.1, 0.15) is 5.82 Å². The standard InChI is InChI=1S/C14H9BrClFO/c1-8-6-10(17)3-4-11(8)14(18)9-2-5-13(16)12(15)7-9/h2-7H,1H3. The highest BCUT2D eigenvalue weighted by Gasteiger charge is 2.13. The molecular weight excluding hydrogens is 319 g/mol. The Hall–Kier alpha value is -1.19. The van der Waals surface area contributed by atoms with Crippen molar-refractivity contribution in [1.82, 2.24) is 0 Å². The SMILES string of the molecule is Cc1cc(F)ccc1C(=O)c1ccc(Cl)c(Br)c1. The van der Waals surface area contributed by atoms with Gasteiger partial charge in [0, 0.05) is 15.6 Å². The fraction of sp³-hybridized carbons (Fsp3) is 0.0714. The second-order valence-electron chi connectivity index (χ2n) is 3.92. The quantitative estimate of drug-likeness (QED) is 0.725. The predicted octanol–water partition coefficient (Wildman–Crippen LogP) is 4.78. The van der Waals surface area contributed by atoms with Gasteiger partial charge in [-0.1, -0.05) is 11.6 Å². The molecule has 0 N–H and O–H groups in total. The number of aryl methyl sites for hydroxylation is 1. The average molecular weight is 328 g/mol. The maximum absolute atomic E-state index is 13.0. The minimum atomic E-state index is -0.346. The van der Waals surface area contributed by atoms with Crippen molar-refractivity contribution in [1.29, 1.82) is 0 Å². The molecule has 2 aromatic rings. The third-order valence-electron chi connectivity index (χ3n) is 2.61. The second kappa shape index (κ2) is 5.21. The molecule has 0 aliphatic rings. The van der Waals surface area contributed by atoms with E-state index >= 15 is 0 Å². The maximum Gasteiger partial charge on any atom is 0.193 e. The smallest absolute Gasteiger partial charge is 0.193 e. The van der Waals surface area contributed by atoms with Crippen LogP contribution in [0, 0.1) is 12.7 Å². The lowest BCUT2D eigenvalue weighted by Gasteiger charge is -2.06. The first kappa shape index (κ1) is 13.2. The van der Waals surface area contributed by atoms with Crippen molar-refractivity contribution in [3.63, 3.8) is 0 Å². The Morgan fingerprint density at radius 1 is 1.22 bits per heavy atom. The van der Waals surface area contributed by atoms with E-state index in [9.17, 15) is 9.18 Å². The summed E-state index contributed by atoms with van der Waals surface area (Å²) in [6.45, 7) is 1.71. The van der Waals surface area contributed by atoms with Crippen molar-refractivity contribution in [2.45, 2.75) is 6.92 Å². The Morgan fingerprint density at radius 3 is 2.56 bits per heavy atom. The summed E-state index contributed by atoms with van der Waals surface area (Å²) in [6, 6.07) is 9.09. The normalized spacial score (nSPS) is 10.4. The molecule has 0 aromatic heterocycles. The molecule has 0 atom stereocenters. The largest absolute Gasteiger partial charge is 0.289 e. The zero-order chi connectivity index (χ0) is 13.3.